The van der Waals surface area contributed by atoms with E-state index in [1.165, 1.54) is 154 Å². The van der Waals surface area contributed by atoms with Crippen molar-refractivity contribution in [2.24, 2.45) is 0 Å². The first kappa shape index (κ1) is 75.1. The number of aliphatic hydroxyl groups excluding tert-OH is 5. The molecule has 1 heterocycles. The van der Waals surface area contributed by atoms with E-state index in [9.17, 15) is 35.1 Å². The summed E-state index contributed by atoms with van der Waals surface area (Å²) in [7, 11) is 0. The molecule has 1 saturated heterocycles. The van der Waals surface area contributed by atoms with Crippen LogP contribution in [0.4, 0.5) is 0 Å². The third-order valence-corrected chi connectivity index (χ3v) is 15.4. The van der Waals surface area contributed by atoms with Crippen LogP contribution >= 0.6 is 0 Å². The van der Waals surface area contributed by atoms with Crippen molar-refractivity contribution in [2.75, 3.05) is 13.2 Å². The van der Waals surface area contributed by atoms with E-state index < -0.39 is 67.4 Å². The Hall–Kier alpha value is -2.90. The predicted molar refractivity (Wildman–Crippen MR) is 333 cm³/mol. The van der Waals surface area contributed by atoms with Gasteiger partial charge in [0, 0.05) is 6.42 Å². The van der Waals surface area contributed by atoms with Gasteiger partial charge in [0.25, 0.3) is 0 Å². The smallest absolute Gasteiger partial charge is 0.306 e. The van der Waals surface area contributed by atoms with Gasteiger partial charge < -0.3 is 45.1 Å². The SMILES string of the molecule is CC/C=C/C=C/C=C/CCCCCCCCC(O)C(=O)NC(COC1OC(CO)C(O)C(O)C1OC(=O)CCCCCCCCCCCCCCCCC/C=C\C/C=C\CCCCC)C(O)/C=C/CCCCCCCCCCCC. The number of hydrogen-bond acceptors (Lipinski definition) is 10. The second-order valence-electron chi connectivity index (χ2n) is 22.9. The Morgan fingerprint density at radius 2 is 0.950 bits per heavy atom. The zero-order chi connectivity index (χ0) is 58.2. The standard InChI is InChI=1S/C69H123NO10/c1-4-7-10-13-16-19-22-25-27-28-29-30-31-32-33-34-35-36-37-39-42-45-48-51-54-57-64(74)80-67-66(76)65(75)63(58-71)79-69(67)78-59-60(61(72)55-52-49-46-43-40-24-21-18-15-12-9-6-3)70-68(77)62(73)56-53-50-47-44-41-38-26-23-20-17-14-11-8-5-2/h8,11,14,16-17,19-20,23,25,27,52,55,60-63,65-67,69,71-73,75-76H,4-7,9-10,12-13,15,18,21-22,24,26,28-51,53-54,56-59H2,1-3H3,(H,70,77)/b11-8+,17-14+,19-16-,23-20+,27-25-,55-52+. The van der Waals surface area contributed by atoms with Gasteiger partial charge in [0.05, 0.1) is 25.4 Å². The van der Waals surface area contributed by atoms with Crippen molar-refractivity contribution >= 4 is 11.9 Å². The highest BCUT2D eigenvalue weighted by Crippen LogP contribution is 2.26. The first-order valence-electron chi connectivity index (χ1n) is 33.2. The molecule has 11 nitrogen and oxygen atoms in total. The Morgan fingerprint density at radius 1 is 0.512 bits per heavy atom. The van der Waals surface area contributed by atoms with Gasteiger partial charge in [-0.25, -0.2) is 0 Å². The molecule has 464 valence electrons. The average Bonchev–Trinajstić information content (AvgIpc) is 3.46. The lowest BCUT2D eigenvalue weighted by Gasteiger charge is -2.41. The molecule has 0 aromatic rings. The normalized spacial score (nSPS) is 19.2. The van der Waals surface area contributed by atoms with E-state index in [1.807, 2.05) is 12.2 Å². The Morgan fingerprint density at radius 3 is 1.46 bits per heavy atom. The molecule has 0 radical (unpaired) electrons. The summed E-state index contributed by atoms with van der Waals surface area (Å²) in [5, 5.41) is 57.0. The molecule has 0 aromatic heterocycles. The Kier molecular flexibility index (Phi) is 53.1. The molecule has 8 atom stereocenters. The molecule has 0 spiro atoms. The van der Waals surface area contributed by atoms with Gasteiger partial charge >= 0.3 is 5.97 Å². The molecule has 1 amide bonds. The van der Waals surface area contributed by atoms with Gasteiger partial charge in [0.1, 0.15) is 24.4 Å². The van der Waals surface area contributed by atoms with E-state index in [1.54, 1.807) is 6.08 Å². The van der Waals surface area contributed by atoms with Gasteiger partial charge in [0.2, 0.25) is 5.91 Å². The fraction of sp³-hybridized carbons (Fsp3) is 0.797. The maximum Gasteiger partial charge on any atom is 0.306 e. The highest BCUT2D eigenvalue weighted by Gasteiger charge is 2.47. The Labute approximate surface area is 490 Å². The number of carbonyl (C=O) groups excluding carboxylic acids is 2. The topological polar surface area (TPSA) is 175 Å². The van der Waals surface area contributed by atoms with E-state index in [0.29, 0.717) is 12.8 Å². The first-order valence-corrected chi connectivity index (χ1v) is 33.2. The number of esters is 1. The summed E-state index contributed by atoms with van der Waals surface area (Å²) in [6.07, 6.45) is 62.3. The fourth-order valence-corrected chi connectivity index (χ4v) is 10.2. The van der Waals surface area contributed by atoms with Crippen molar-refractivity contribution < 1.29 is 49.3 Å². The number of nitrogens with one attached hydrogen (secondary N) is 1. The monoisotopic (exact) mass is 1130 g/mol. The number of rotatable bonds is 56. The van der Waals surface area contributed by atoms with Gasteiger partial charge in [-0.2, -0.15) is 0 Å². The van der Waals surface area contributed by atoms with Crippen molar-refractivity contribution in [1.29, 1.82) is 0 Å². The fourth-order valence-electron chi connectivity index (χ4n) is 10.2. The summed E-state index contributed by atoms with van der Waals surface area (Å²) < 4.78 is 17.7. The maximum absolute atomic E-state index is 13.4. The number of aliphatic hydroxyl groups is 5. The van der Waals surface area contributed by atoms with Gasteiger partial charge in [-0.3, -0.25) is 9.59 Å². The number of carbonyl (C=O) groups is 2. The molecular weight excluding hydrogens is 1000 g/mol. The Bertz CT molecular complexity index is 1580. The molecule has 6 N–H and O–H groups in total. The summed E-state index contributed by atoms with van der Waals surface area (Å²) in [4.78, 5) is 26.6. The highest BCUT2D eigenvalue weighted by atomic mass is 16.7. The molecular formula is C69H123NO10. The minimum atomic E-state index is -1.62. The molecule has 1 rings (SSSR count). The van der Waals surface area contributed by atoms with Crippen molar-refractivity contribution in [2.45, 2.75) is 339 Å². The second-order valence-corrected chi connectivity index (χ2v) is 22.9. The zero-order valence-corrected chi connectivity index (χ0v) is 51.4. The van der Waals surface area contributed by atoms with Crippen molar-refractivity contribution in [3.8, 4) is 0 Å². The van der Waals surface area contributed by atoms with Gasteiger partial charge in [-0.15, -0.1) is 0 Å². The van der Waals surface area contributed by atoms with E-state index in [-0.39, 0.29) is 19.4 Å². The maximum atomic E-state index is 13.4. The predicted octanol–water partition coefficient (Wildman–Crippen LogP) is 16.3. The third kappa shape index (κ3) is 43.7. The Balaban J connectivity index is 2.57. The molecule has 0 bridgehead atoms. The summed E-state index contributed by atoms with van der Waals surface area (Å²) in [6, 6.07) is -1.03. The van der Waals surface area contributed by atoms with Crippen LogP contribution in [0.2, 0.25) is 0 Å². The van der Waals surface area contributed by atoms with E-state index in [2.05, 4.69) is 80.8 Å². The van der Waals surface area contributed by atoms with Gasteiger partial charge in [0.15, 0.2) is 12.4 Å². The van der Waals surface area contributed by atoms with E-state index in [0.717, 1.165) is 89.9 Å². The van der Waals surface area contributed by atoms with Gasteiger partial charge in [-0.05, 0) is 77.0 Å². The number of amides is 1. The molecule has 11 heteroatoms. The largest absolute Gasteiger partial charge is 0.454 e. The summed E-state index contributed by atoms with van der Waals surface area (Å²) in [6.45, 7) is 5.64. The lowest BCUT2D eigenvalue weighted by atomic mass is 9.99. The van der Waals surface area contributed by atoms with Crippen LogP contribution in [0.3, 0.4) is 0 Å². The number of ether oxygens (including phenoxy) is 3. The molecule has 80 heavy (non-hydrogen) atoms. The van der Waals surface area contributed by atoms with Crippen LogP contribution in [0.25, 0.3) is 0 Å². The quantitative estimate of drug-likeness (QED) is 0.0149. The van der Waals surface area contributed by atoms with Crippen molar-refractivity contribution in [3.63, 3.8) is 0 Å². The van der Waals surface area contributed by atoms with E-state index >= 15 is 0 Å². The minimum Gasteiger partial charge on any atom is -0.454 e. The molecule has 1 fully saturated rings. The van der Waals surface area contributed by atoms with Crippen LogP contribution in [0.15, 0.2) is 72.9 Å². The van der Waals surface area contributed by atoms with Crippen LogP contribution in [-0.2, 0) is 23.8 Å². The summed E-state index contributed by atoms with van der Waals surface area (Å²) in [5.41, 5.74) is 0. The molecule has 1 aliphatic rings. The number of hydrogen-bond donors (Lipinski definition) is 6. The summed E-state index contributed by atoms with van der Waals surface area (Å²) >= 11 is 0. The van der Waals surface area contributed by atoms with Gasteiger partial charge in [-0.1, -0.05) is 280 Å². The minimum absolute atomic E-state index is 0.121. The molecule has 8 unspecified atom stereocenters. The van der Waals surface area contributed by atoms with Crippen LogP contribution < -0.4 is 5.32 Å². The van der Waals surface area contributed by atoms with Crippen LogP contribution in [0.5, 0.6) is 0 Å². The molecule has 0 aromatic carbocycles. The highest BCUT2D eigenvalue weighted by molar-refractivity contribution is 5.80. The summed E-state index contributed by atoms with van der Waals surface area (Å²) in [5.74, 6) is -1.20. The van der Waals surface area contributed by atoms with Crippen LogP contribution in [-0.4, -0.2) is 99.6 Å². The molecule has 0 aliphatic carbocycles. The van der Waals surface area contributed by atoms with Crippen molar-refractivity contribution in [1.82, 2.24) is 5.32 Å². The number of unbranched alkanes of at least 4 members (excludes halogenated alkanes) is 34. The van der Waals surface area contributed by atoms with Crippen LogP contribution in [0.1, 0.15) is 290 Å². The third-order valence-electron chi connectivity index (χ3n) is 15.4. The second kappa shape index (κ2) is 56.6. The number of allylic oxidation sites excluding steroid dienone is 11. The molecule has 1 aliphatic heterocycles. The van der Waals surface area contributed by atoms with Crippen LogP contribution in [0, 0.1) is 0 Å². The lowest BCUT2D eigenvalue weighted by molar-refractivity contribution is -0.305. The molecule has 0 saturated carbocycles. The van der Waals surface area contributed by atoms with E-state index in [4.69, 9.17) is 14.2 Å². The van der Waals surface area contributed by atoms with Crippen molar-refractivity contribution in [3.05, 3.63) is 72.9 Å². The average molecular weight is 1130 g/mol. The lowest BCUT2D eigenvalue weighted by Crippen LogP contribution is -2.61. The zero-order valence-electron chi connectivity index (χ0n) is 51.4. The first-order chi connectivity index (χ1) is 39.2.